The van der Waals surface area contributed by atoms with Gasteiger partial charge in [-0.25, -0.2) is 4.79 Å². The molecule has 2 aliphatic heterocycles. The van der Waals surface area contributed by atoms with Crippen molar-refractivity contribution in [2.24, 2.45) is 0 Å². The maximum absolute atomic E-state index is 12.0. The van der Waals surface area contributed by atoms with Gasteiger partial charge in [0.2, 0.25) is 0 Å². The molecule has 0 saturated carbocycles. The molecule has 92 valence electrons. The number of urea groups is 1. The van der Waals surface area contributed by atoms with Crippen molar-refractivity contribution in [1.82, 2.24) is 15.1 Å². The highest BCUT2D eigenvalue weighted by Crippen LogP contribution is 2.11. The van der Waals surface area contributed by atoms with Gasteiger partial charge in [-0.1, -0.05) is 12.8 Å². The Balaban J connectivity index is 1.77. The third-order valence-electron chi connectivity index (χ3n) is 3.61. The molecule has 4 nitrogen and oxygen atoms in total. The van der Waals surface area contributed by atoms with Crippen molar-refractivity contribution in [3.8, 4) is 0 Å². The molecule has 0 aliphatic carbocycles. The van der Waals surface area contributed by atoms with E-state index < -0.39 is 0 Å². The van der Waals surface area contributed by atoms with Gasteiger partial charge in [0, 0.05) is 25.7 Å². The van der Waals surface area contributed by atoms with Crippen molar-refractivity contribution in [2.75, 3.05) is 33.2 Å². The van der Waals surface area contributed by atoms with Crippen molar-refractivity contribution < 1.29 is 4.79 Å². The summed E-state index contributed by atoms with van der Waals surface area (Å²) in [6, 6.07) is 0.517. The van der Waals surface area contributed by atoms with Gasteiger partial charge in [-0.05, 0) is 32.9 Å². The van der Waals surface area contributed by atoms with Gasteiger partial charge in [0.25, 0.3) is 0 Å². The summed E-state index contributed by atoms with van der Waals surface area (Å²) >= 11 is 0. The molecule has 0 aromatic rings. The molecule has 2 rings (SSSR count). The molecule has 0 aromatic carbocycles. The maximum Gasteiger partial charge on any atom is 0.317 e. The number of rotatable bonds is 1. The van der Waals surface area contributed by atoms with Crippen LogP contribution in [0.15, 0.2) is 0 Å². The molecular formula is C12H23N3O. The highest BCUT2D eigenvalue weighted by atomic mass is 16.2. The topological polar surface area (TPSA) is 35.6 Å². The molecule has 1 atom stereocenters. The number of likely N-dealkylation sites (N-methyl/N-ethyl adjacent to an activating group) is 1. The monoisotopic (exact) mass is 225 g/mol. The normalized spacial score (nSPS) is 27.8. The average molecular weight is 225 g/mol. The molecule has 16 heavy (non-hydrogen) atoms. The van der Waals surface area contributed by atoms with Crippen LogP contribution in [0.4, 0.5) is 4.79 Å². The molecule has 2 amide bonds. The van der Waals surface area contributed by atoms with Crippen molar-refractivity contribution in [3.05, 3.63) is 0 Å². The third kappa shape index (κ3) is 3.11. The fraction of sp³-hybridized carbons (Fsp3) is 0.917. The first-order chi connectivity index (χ1) is 7.75. The van der Waals surface area contributed by atoms with E-state index in [-0.39, 0.29) is 6.03 Å². The van der Waals surface area contributed by atoms with Gasteiger partial charge in [0.1, 0.15) is 0 Å². The van der Waals surface area contributed by atoms with Crippen LogP contribution in [-0.2, 0) is 0 Å². The molecule has 1 N–H and O–H groups in total. The number of hydrogen-bond acceptors (Lipinski definition) is 2. The zero-order valence-corrected chi connectivity index (χ0v) is 10.2. The highest BCUT2D eigenvalue weighted by molar-refractivity contribution is 5.74. The minimum atomic E-state index is 0.155. The Kier molecular flexibility index (Phi) is 4.04. The molecule has 4 heteroatoms. The third-order valence-corrected chi connectivity index (χ3v) is 3.61. The van der Waals surface area contributed by atoms with Crippen LogP contribution in [0.2, 0.25) is 0 Å². The van der Waals surface area contributed by atoms with Gasteiger partial charge in [-0.15, -0.1) is 0 Å². The molecule has 2 aliphatic rings. The molecule has 0 spiro atoms. The van der Waals surface area contributed by atoms with Crippen molar-refractivity contribution >= 4 is 6.03 Å². The van der Waals surface area contributed by atoms with Crippen LogP contribution in [0.1, 0.15) is 32.1 Å². The first-order valence-electron chi connectivity index (χ1n) is 6.50. The minimum Gasteiger partial charge on any atom is -0.334 e. The fourth-order valence-corrected chi connectivity index (χ4v) is 2.59. The van der Waals surface area contributed by atoms with Gasteiger partial charge in [0.15, 0.2) is 0 Å². The van der Waals surface area contributed by atoms with Gasteiger partial charge in [-0.2, -0.15) is 0 Å². The lowest BCUT2D eigenvalue weighted by Gasteiger charge is -2.23. The molecule has 0 aromatic heterocycles. The summed E-state index contributed by atoms with van der Waals surface area (Å²) in [6.45, 7) is 3.98. The lowest BCUT2D eigenvalue weighted by molar-refractivity contribution is 0.195. The Morgan fingerprint density at radius 3 is 2.38 bits per heavy atom. The van der Waals surface area contributed by atoms with E-state index in [9.17, 15) is 4.79 Å². The van der Waals surface area contributed by atoms with E-state index in [1.165, 1.54) is 12.8 Å². The van der Waals surface area contributed by atoms with Gasteiger partial charge in [-0.3, -0.25) is 0 Å². The Morgan fingerprint density at radius 2 is 1.81 bits per heavy atom. The molecule has 1 unspecified atom stereocenters. The first-order valence-corrected chi connectivity index (χ1v) is 6.50. The summed E-state index contributed by atoms with van der Waals surface area (Å²) < 4.78 is 0. The van der Waals surface area contributed by atoms with Crippen LogP contribution in [-0.4, -0.2) is 55.1 Å². The summed E-state index contributed by atoms with van der Waals surface area (Å²) in [4.78, 5) is 16.3. The van der Waals surface area contributed by atoms with Crippen LogP contribution in [0, 0.1) is 0 Å². The number of carbonyl (C=O) groups is 1. The second-order valence-electron chi connectivity index (χ2n) is 5.10. The summed E-state index contributed by atoms with van der Waals surface area (Å²) in [5.74, 6) is 0. The number of carbonyl (C=O) groups excluding carboxylic acids is 1. The number of nitrogens with zero attached hydrogens (tertiary/aromatic N) is 2. The molecular weight excluding hydrogens is 202 g/mol. The van der Waals surface area contributed by atoms with E-state index in [1.807, 2.05) is 4.90 Å². The minimum absolute atomic E-state index is 0.155. The average Bonchev–Trinajstić information content (AvgIpc) is 2.56. The maximum atomic E-state index is 12.0. The number of amides is 2. The van der Waals surface area contributed by atoms with Crippen LogP contribution in [0.5, 0.6) is 0 Å². The van der Waals surface area contributed by atoms with E-state index >= 15 is 0 Å². The number of hydrogen-bond donors (Lipinski definition) is 1. The van der Waals surface area contributed by atoms with Crippen LogP contribution >= 0.6 is 0 Å². The van der Waals surface area contributed by atoms with Crippen LogP contribution in [0.3, 0.4) is 0 Å². The number of nitrogens with one attached hydrogen (secondary N) is 1. The Labute approximate surface area is 98.0 Å². The summed E-state index contributed by atoms with van der Waals surface area (Å²) in [5, 5.41) is 3.15. The second kappa shape index (κ2) is 5.53. The quantitative estimate of drug-likeness (QED) is 0.729. The van der Waals surface area contributed by atoms with Gasteiger partial charge in [0.05, 0.1) is 0 Å². The smallest absolute Gasteiger partial charge is 0.317 e. The predicted molar refractivity (Wildman–Crippen MR) is 64.5 cm³/mol. The van der Waals surface area contributed by atoms with Gasteiger partial charge < -0.3 is 15.1 Å². The van der Waals surface area contributed by atoms with E-state index in [0.29, 0.717) is 6.04 Å². The zero-order chi connectivity index (χ0) is 11.4. The van der Waals surface area contributed by atoms with E-state index in [1.54, 1.807) is 0 Å². The Morgan fingerprint density at radius 1 is 1.12 bits per heavy atom. The molecule has 0 bridgehead atoms. The summed E-state index contributed by atoms with van der Waals surface area (Å²) in [5.41, 5.74) is 0. The molecule has 2 fully saturated rings. The van der Waals surface area contributed by atoms with E-state index in [2.05, 4.69) is 17.3 Å². The number of likely N-dealkylation sites (tertiary alicyclic amines) is 2. The lowest BCUT2D eigenvalue weighted by Crippen LogP contribution is -2.46. The van der Waals surface area contributed by atoms with Crippen molar-refractivity contribution in [2.45, 2.75) is 38.1 Å². The van der Waals surface area contributed by atoms with Crippen molar-refractivity contribution in [3.63, 3.8) is 0 Å². The SMILES string of the molecule is CN1CCC(NC(=O)N2CCCCCC2)C1. The molecule has 2 heterocycles. The first kappa shape index (κ1) is 11.7. The van der Waals surface area contributed by atoms with Crippen LogP contribution < -0.4 is 5.32 Å². The Bertz CT molecular complexity index is 236. The summed E-state index contributed by atoms with van der Waals surface area (Å²) in [6.07, 6.45) is 5.97. The summed E-state index contributed by atoms with van der Waals surface area (Å²) in [7, 11) is 2.11. The van der Waals surface area contributed by atoms with E-state index in [4.69, 9.17) is 0 Å². The van der Waals surface area contributed by atoms with Crippen molar-refractivity contribution in [1.29, 1.82) is 0 Å². The Hall–Kier alpha value is -0.770. The lowest BCUT2D eigenvalue weighted by atomic mass is 10.2. The molecule has 0 radical (unpaired) electrons. The molecule has 2 saturated heterocycles. The second-order valence-corrected chi connectivity index (χ2v) is 5.10. The fourth-order valence-electron chi connectivity index (χ4n) is 2.59. The van der Waals surface area contributed by atoms with Gasteiger partial charge >= 0.3 is 6.03 Å². The van der Waals surface area contributed by atoms with Crippen LogP contribution in [0.25, 0.3) is 0 Å². The van der Waals surface area contributed by atoms with E-state index in [0.717, 1.165) is 45.4 Å². The standard InChI is InChI=1S/C12H23N3O/c1-14-9-6-11(10-14)13-12(16)15-7-4-2-3-5-8-15/h11H,2-10H2,1H3,(H,13,16). The predicted octanol–water partition coefficient (Wildman–Crippen LogP) is 1.28. The zero-order valence-electron chi connectivity index (χ0n) is 10.2. The highest BCUT2D eigenvalue weighted by Gasteiger charge is 2.23. The largest absolute Gasteiger partial charge is 0.334 e.